The Hall–Kier alpha value is -3.12. The van der Waals surface area contributed by atoms with Gasteiger partial charge in [0.25, 0.3) is 0 Å². The molecule has 28 heavy (non-hydrogen) atoms. The van der Waals surface area contributed by atoms with Crippen molar-refractivity contribution in [3.05, 3.63) is 116 Å². The molecule has 0 saturated carbocycles. The monoisotopic (exact) mass is 360 g/mol. The Kier molecular flexibility index (Phi) is 3.94. The van der Waals surface area contributed by atoms with Gasteiger partial charge in [-0.2, -0.15) is 0 Å². The zero-order valence-corrected chi connectivity index (χ0v) is 16.7. The normalized spacial score (nSPS) is 14.1. The molecule has 0 heteroatoms. The van der Waals surface area contributed by atoms with E-state index < -0.39 is 0 Å². The molecule has 0 amide bonds. The molecule has 136 valence electrons. The molecule has 0 aliphatic heterocycles. The average Bonchev–Trinajstić information content (AvgIpc) is 3.32. The van der Waals surface area contributed by atoms with E-state index in [9.17, 15) is 0 Å². The Balaban J connectivity index is 1.89. The van der Waals surface area contributed by atoms with Crippen LogP contribution in [-0.4, -0.2) is 0 Å². The van der Waals surface area contributed by atoms with Gasteiger partial charge in [-0.05, 0) is 82.0 Å². The van der Waals surface area contributed by atoms with Gasteiger partial charge in [0.1, 0.15) is 0 Å². The Labute approximate surface area is 166 Å². The lowest BCUT2D eigenvalue weighted by atomic mass is 9.90. The minimum Gasteiger partial charge on any atom is -0.0795 e. The van der Waals surface area contributed by atoms with Gasteiger partial charge >= 0.3 is 0 Å². The van der Waals surface area contributed by atoms with Crippen LogP contribution in [0.15, 0.2) is 72.8 Å². The quantitative estimate of drug-likeness (QED) is 0.444. The third-order valence-electron chi connectivity index (χ3n) is 5.93. The van der Waals surface area contributed by atoms with Crippen molar-refractivity contribution < 1.29 is 0 Å². The molecular weight excluding hydrogens is 336 g/mol. The molecule has 0 bridgehead atoms. The molecule has 0 radical (unpaired) electrons. The number of hydrogen-bond donors (Lipinski definition) is 0. The molecule has 0 unspecified atom stereocenters. The average molecular weight is 361 g/mol. The van der Waals surface area contributed by atoms with Gasteiger partial charge in [-0.3, -0.25) is 0 Å². The van der Waals surface area contributed by atoms with Crippen LogP contribution in [0.3, 0.4) is 0 Å². The lowest BCUT2D eigenvalue weighted by molar-refractivity contribution is 1.35. The molecule has 0 spiro atoms. The van der Waals surface area contributed by atoms with Crippen LogP contribution in [0.25, 0.3) is 22.8 Å². The Morgan fingerprint density at radius 3 is 2.39 bits per heavy atom. The largest absolute Gasteiger partial charge is 0.0795 e. The SMILES string of the molecule is CC(C)=c1ccc2c(c1C1=C(c3ccc(C)cc3)C=CC1)C=c1ccccc1=2. The fourth-order valence-electron chi connectivity index (χ4n) is 4.52. The summed E-state index contributed by atoms with van der Waals surface area (Å²) in [5, 5.41) is 5.40. The highest BCUT2D eigenvalue weighted by atomic mass is 14.2. The van der Waals surface area contributed by atoms with Crippen LogP contribution in [-0.2, 0) is 0 Å². The van der Waals surface area contributed by atoms with Crippen molar-refractivity contribution in [2.75, 3.05) is 0 Å². The van der Waals surface area contributed by atoms with Gasteiger partial charge < -0.3 is 0 Å². The van der Waals surface area contributed by atoms with Gasteiger partial charge in [0.2, 0.25) is 0 Å². The van der Waals surface area contributed by atoms with Crippen molar-refractivity contribution in [2.24, 2.45) is 0 Å². The second kappa shape index (κ2) is 6.49. The van der Waals surface area contributed by atoms with E-state index in [-0.39, 0.29) is 0 Å². The molecule has 5 rings (SSSR count). The first-order chi connectivity index (χ1) is 13.6. The van der Waals surface area contributed by atoms with E-state index in [0.717, 1.165) is 6.42 Å². The van der Waals surface area contributed by atoms with Crippen LogP contribution in [0.4, 0.5) is 0 Å². The standard InChI is InChI=1S/C28H24/c1-18(2)22-15-16-25-24-8-5-4-7-21(24)17-27(25)28(22)26-10-6-9-23(26)20-13-11-19(3)12-14-20/h4-9,11-17H,10H2,1-3H3. The van der Waals surface area contributed by atoms with Gasteiger partial charge in [0.05, 0.1) is 0 Å². The molecule has 2 aliphatic rings. The summed E-state index contributed by atoms with van der Waals surface area (Å²) in [7, 11) is 0. The lowest BCUT2D eigenvalue weighted by Gasteiger charge is -2.14. The minimum atomic E-state index is 0.990. The summed E-state index contributed by atoms with van der Waals surface area (Å²) < 4.78 is 0. The smallest absolute Gasteiger partial charge is 0.00642 e. The van der Waals surface area contributed by atoms with Crippen molar-refractivity contribution in [3.63, 3.8) is 0 Å². The molecule has 0 atom stereocenters. The highest BCUT2D eigenvalue weighted by molar-refractivity contribution is 6.00. The number of allylic oxidation sites excluding steroid dienone is 4. The first kappa shape index (κ1) is 17.0. The van der Waals surface area contributed by atoms with Crippen LogP contribution in [0.5, 0.6) is 0 Å². The molecule has 3 aromatic carbocycles. The minimum absolute atomic E-state index is 0.990. The maximum atomic E-state index is 2.38. The molecule has 0 heterocycles. The summed E-state index contributed by atoms with van der Waals surface area (Å²) in [4.78, 5) is 0. The van der Waals surface area contributed by atoms with E-state index in [1.807, 2.05) is 0 Å². The highest BCUT2D eigenvalue weighted by Crippen LogP contribution is 2.36. The van der Waals surface area contributed by atoms with E-state index in [1.54, 1.807) is 0 Å². The highest BCUT2D eigenvalue weighted by Gasteiger charge is 2.19. The van der Waals surface area contributed by atoms with E-state index in [4.69, 9.17) is 0 Å². The molecule has 0 N–H and O–H groups in total. The molecular formula is C28H24. The molecule has 0 aromatic heterocycles. The molecule has 3 aromatic rings. The molecule has 0 fully saturated rings. The molecule has 2 aliphatic carbocycles. The number of aryl methyl sites for hydroxylation is 1. The van der Waals surface area contributed by atoms with Gasteiger partial charge in [-0.25, -0.2) is 0 Å². The van der Waals surface area contributed by atoms with Crippen molar-refractivity contribution in [3.8, 4) is 0 Å². The zero-order chi connectivity index (χ0) is 19.3. The second-order valence-electron chi connectivity index (χ2n) is 8.05. The molecule has 0 saturated heterocycles. The summed E-state index contributed by atoms with van der Waals surface area (Å²) in [6.07, 6.45) is 7.98. The predicted octanol–water partition coefficient (Wildman–Crippen LogP) is 5.49. The Bertz CT molecular complexity index is 1370. The van der Waals surface area contributed by atoms with Gasteiger partial charge in [0.15, 0.2) is 0 Å². The number of rotatable bonds is 2. The first-order valence-corrected chi connectivity index (χ1v) is 10.0. The van der Waals surface area contributed by atoms with E-state index in [0.29, 0.717) is 0 Å². The van der Waals surface area contributed by atoms with Gasteiger partial charge in [0, 0.05) is 0 Å². The predicted molar refractivity (Wildman–Crippen MR) is 120 cm³/mol. The lowest BCUT2D eigenvalue weighted by Crippen LogP contribution is -2.13. The van der Waals surface area contributed by atoms with Gasteiger partial charge in [-0.15, -0.1) is 0 Å². The maximum absolute atomic E-state index is 2.38. The van der Waals surface area contributed by atoms with Crippen LogP contribution in [0.2, 0.25) is 0 Å². The zero-order valence-electron chi connectivity index (χ0n) is 16.7. The fraction of sp³-hybridized carbons (Fsp3) is 0.143. The second-order valence-corrected chi connectivity index (χ2v) is 8.05. The van der Waals surface area contributed by atoms with Crippen molar-refractivity contribution in [1.29, 1.82) is 0 Å². The summed E-state index contributed by atoms with van der Waals surface area (Å²) >= 11 is 0. The van der Waals surface area contributed by atoms with Gasteiger partial charge in [-0.1, -0.05) is 84.0 Å². The summed E-state index contributed by atoms with van der Waals surface area (Å²) in [6.45, 7) is 6.59. The third kappa shape index (κ3) is 2.60. The third-order valence-corrected chi connectivity index (χ3v) is 5.93. The topological polar surface area (TPSA) is 0 Å². The maximum Gasteiger partial charge on any atom is -0.00642 e. The fourth-order valence-corrected chi connectivity index (χ4v) is 4.52. The summed E-state index contributed by atoms with van der Waals surface area (Å²) in [6, 6.07) is 22.3. The van der Waals surface area contributed by atoms with Crippen LogP contribution < -0.4 is 10.4 Å². The van der Waals surface area contributed by atoms with Crippen LogP contribution in [0.1, 0.15) is 42.5 Å². The summed E-state index contributed by atoms with van der Waals surface area (Å²) in [5.41, 5.74) is 9.57. The van der Waals surface area contributed by atoms with Crippen LogP contribution in [0, 0.1) is 17.4 Å². The van der Waals surface area contributed by atoms with Crippen molar-refractivity contribution >= 4 is 22.8 Å². The first-order valence-electron chi connectivity index (χ1n) is 10.0. The number of benzene rings is 3. The Morgan fingerprint density at radius 2 is 1.61 bits per heavy atom. The summed E-state index contributed by atoms with van der Waals surface area (Å²) in [5.74, 6) is 0. The van der Waals surface area contributed by atoms with Crippen LogP contribution >= 0.6 is 0 Å². The van der Waals surface area contributed by atoms with Crippen molar-refractivity contribution in [2.45, 2.75) is 27.2 Å². The number of hydrogen-bond acceptors (Lipinski definition) is 0. The molecule has 0 nitrogen and oxygen atoms in total. The van der Waals surface area contributed by atoms with Crippen molar-refractivity contribution in [1.82, 2.24) is 0 Å². The van der Waals surface area contributed by atoms with E-state index in [2.05, 4.69) is 99.7 Å². The number of fused-ring (bicyclic) bond motifs is 2. The Morgan fingerprint density at radius 1 is 0.821 bits per heavy atom. The van der Waals surface area contributed by atoms with E-state index >= 15 is 0 Å². The van der Waals surface area contributed by atoms with E-state index in [1.165, 1.54) is 59.8 Å².